The van der Waals surface area contributed by atoms with E-state index in [1.54, 1.807) is 0 Å². The van der Waals surface area contributed by atoms with Gasteiger partial charge in [0.1, 0.15) is 5.60 Å². The van der Waals surface area contributed by atoms with Gasteiger partial charge in [-0.2, -0.15) is 0 Å². The molecule has 2 unspecified atom stereocenters. The van der Waals surface area contributed by atoms with E-state index in [0.717, 1.165) is 19.5 Å². The molecule has 4 nitrogen and oxygen atoms in total. The van der Waals surface area contributed by atoms with Gasteiger partial charge in [0.15, 0.2) is 0 Å². The van der Waals surface area contributed by atoms with Crippen molar-refractivity contribution >= 4 is 6.09 Å². The highest BCUT2D eigenvalue weighted by Gasteiger charge is 2.49. The lowest BCUT2D eigenvalue weighted by Gasteiger charge is -2.46. The first kappa shape index (κ1) is 11.7. The number of ether oxygens (including phenoxy) is 1. The van der Waals surface area contributed by atoms with Crippen LogP contribution in [0.4, 0.5) is 4.79 Å². The summed E-state index contributed by atoms with van der Waals surface area (Å²) in [5, 5.41) is 6.38. The van der Waals surface area contributed by atoms with Crippen LogP contribution in [-0.4, -0.2) is 30.8 Å². The van der Waals surface area contributed by atoms with Crippen LogP contribution in [0.1, 0.15) is 40.0 Å². The number of nitrogens with one attached hydrogen (secondary N) is 2. The molecule has 92 valence electrons. The lowest BCUT2D eigenvalue weighted by Crippen LogP contribution is -2.56. The Labute approximate surface area is 97.1 Å². The summed E-state index contributed by atoms with van der Waals surface area (Å²) in [5.74, 6) is 0. The Kier molecular flexibility index (Phi) is 2.86. The molecule has 0 radical (unpaired) electrons. The second kappa shape index (κ2) is 3.91. The fourth-order valence-electron chi connectivity index (χ4n) is 2.65. The van der Waals surface area contributed by atoms with E-state index < -0.39 is 5.60 Å². The van der Waals surface area contributed by atoms with E-state index in [2.05, 4.69) is 10.6 Å². The summed E-state index contributed by atoms with van der Waals surface area (Å²) >= 11 is 0. The summed E-state index contributed by atoms with van der Waals surface area (Å²) in [6.45, 7) is 7.78. The fraction of sp³-hybridized carbons (Fsp3) is 0.917. The van der Waals surface area contributed by atoms with Crippen molar-refractivity contribution in [2.45, 2.75) is 51.7 Å². The molecule has 0 aromatic carbocycles. The van der Waals surface area contributed by atoms with Crippen LogP contribution in [0.5, 0.6) is 0 Å². The lowest BCUT2D eigenvalue weighted by atomic mass is 9.64. The number of amides is 1. The zero-order valence-corrected chi connectivity index (χ0v) is 10.4. The number of hydrogen-bond donors (Lipinski definition) is 2. The fourth-order valence-corrected chi connectivity index (χ4v) is 2.65. The van der Waals surface area contributed by atoms with E-state index >= 15 is 0 Å². The molecular weight excluding hydrogens is 204 g/mol. The number of rotatable bonds is 1. The van der Waals surface area contributed by atoms with Gasteiger partial charge in [0.2, 0.25) is 0 Å². The maximum atomic E-state index is 11.6. The number of hydrogen-bond acceptors (Lipinski definition) is 3. The topological polar surface area (TPSA) is 50.4 Å². The number of carbonyl (C=O) groups is 1. The molecule has 1 saturated heterocycles. The third kappa shape index (κ3) is 2.32. The van der Waals surface area contributed by atoms with Gasteiger partial charge in [0, 0.05) is 18.0 Å². The summed E-state index contributed by atoms with van der Waals surface area (Å²) in [6.07, 6.45) is 3.21. The van der Waals surface area contributed by atoms with Crippen molar-refractivity contribution in [3.63, 3.8) is 0 Å². The minimum Gasteiger partial charge on any atom is -0.444 e. The largest absolute Gasteiger partial charge is 0.444 e. The Balaban J connectivity index is 1.84. The van der Waals surface area contributed by atoms with Crippen LogP contribution in [-0.2, 0) is 4.74 Å². The van der Waals surface area contributed by atoms with Crippen LogP contribution in [0.2, 0.25) is 0 Å². The molecule has 2 atom stereocenters. The minimum atomic E-state index is -0.408. The zero-order chi connectivity index (χ0) is 11.8. The first-order valence-electron chi connectivity index (χ1n) is 6.12. The average molecular weight is 226 g/mol. The smallest absolute Gasteiger partial charge is 0.407 e. The molecule has 2 fully saturated rings. The molecule has 4 heteroatoms. The summed E-state index contributed by atoms with van der Waals surface area (Å²) in [6, 6.07) is 0.303. The van der Waals surface area contributed by atoms with Crippen molar-refractivity contribution in [1.29, 1.82) is 0 Å². The van der Waals surface area contributed by atoms with E-state index in [1.165, 1.54) is 12.8 Å². The second-order valence-electron chi connectivity index (χ2n) is 6.03. The van der Waals surface area contributed by atoms with Gasteiger partial charge in [-0.15, -0.1) is 0 Å². The van der Waals surface area contributed by atoms with Crippen LogP contribution < -0.4 is 10.6 Å². The Bertz CT molecular complexity index is 277. The highest BCUT2D eigenvalue weighted by atomic mass is 16.6. The molecule has 0 aromatic rings. The van der Waals surface area contributed by atoms with Crippen molar-refractivity contribution in [3.05, 3.63) is 0 Å². The first-order chi connectivity index (χ1) is 7.41. The maximum Gasteiger partial charge on any atom is 0.407 e. The van der Waals surface area contributed by atoms with Crippen LogP contribution in [0.3, 0.4) is 0 Å². The Morgan fingerprint density at radius 2 is 2.19 bits per heavy atom. The van der Waals surface area contributed by atoms with Crippen molar-refractivity contribution in [2.24, 2.45) is 5.41 Å². The molecule has 1 amide bonds. The van der Waals surface area contributed by atoms with Crippen LogP contribution in [0, 0.1) is 5.41 Å². The first-order valence-corrected chi connectivity index (χ1v) is 6.12. The molecule has 1 aliphatic heterocycles. The highest BCUT2D eigenvalue weighted by Crippen LogP contribution is 2.45. The molecule has 1 spiro atoms. The van der Waals surface area contributed by atoms with Crippen LogP contribution in [0.25, 0.3) is 0 Å². The van der Waals surface area contributed by atoms with Crippen LogP contribution >= 0.6 is 0 Å². The Hall–Kier alpha value is -0.770. The van der Waals surface area contributed by atoms with E-state index in [1.807, 2.05) is 20.8 Å². The van der Waals surface area contributed by atoms with Crippen molar-refractivity contribution < 1.29 is 9.53 Å². The summed E-state index contributed by atoms with van der Waals surface area (Å²) < 4.78 is 5.28. The molecule has 0 bridgehead atoms. The van der Waals surface area contributed by atoms with Gasteiger partial charge in [-0.1, -0.05) is 0 Å². The van der Waals surface area contributed by atoms with Gasteiger partial charge in [-0.25, -0.2) is 4.79 Å². The standard InChI is InChI=1S/C12H22N2O2/c1-11(2,3)16-10(15)14-9-4-5-12(9)6-7-13-8-12/h9,13H,4-8H2,1-3H3,(H,14,15). The average Bonchev–Trinajstić information content (AvgIpc) is 2.60. The summed E-state index contributed by atoms with van der Waals surface area (Å²) in [5.41, 5.74) is -0.0914. The monoisotopic (exact) mass is 226 g/mol. The van der Waals surface area contributed by atoms with Gasteiger partial charge in [-0.05, 0) is 46.6 Å². The van der Waals surface area contributed by atoms with E-state index in [9.17, 15) is 4.79 Å². The van der Waals surface area contributed by atoms with E-state index in [-0.39, 0.29) is 6.09 Å². The Morgan fingerprint density at radius 1 is 1.44 bits per heavy atom. The third-order valence-electron chi connectivity index (χ3n) is 3.64. The molecule has 1 saturated carbocycles. The lowest BCUT2D eigenvalue weighted by molar-refractivity contribution is 0.0293. The maximum absolute atomic E-state index is 11.6. The molecule has 16 heavy (non-hydrogen) atoms. The molecule has 2 rings (SSSR count). The highest BCUT2D eigenvalue weighted by molar-refractivity contribution is 5.68. The number of carbonyl (C=O) groups excluding carboxylic acids is 1. The van der Waals surface area contributed by atoms with E-state index in [0.29, 0.717) is 11.5 Å². The second-order valence-corrected chi connectivity index (χ2v) is 6.03. The SMILES string of the molecule is CC(C)(C)OC(=O)NC1CCC12CCNC2. The zero-order valence-electron chi connectivity index (χ0n) is 10.4. The van der Waals surface area contributed by atoms with Gasteiger partial charge in [0.05, 0.1) is 0 Å². The number of alkyl carbamates (subject to hydrolysis) is 1. The molecule has 2 N–H and O–H groups in total. The molecule has 1 heterocycles. The van der Waals surface area contributed by atoms with Crippen LogP contribution in [0.15, 0.2) is 0 Å². The Morgan fingerprint density at radius 3 is 2.62 bits per heavy atom. The van der Waals surface area contributed by atoms with Gasteiger partial charge >= 0.3 is 6.09 Å². The molecule has 0 aromatic heterocycles. The summed E-state index contributed by atoms with van der Waals surface area (Å²) in [7, 11) is 0. The predicted molar refractivity (Wildman–Crippen MR) is 62.3 cm³/mol. The summed E-state index contributed by atoms with van der Waals surface area (Å²) in [4.78, 5) is 11.6. The predicted octanol–water partition coefficient (Wildman–Crippen LogP) is 1.65. The quantitative estimate of drug-likeness (QED) is 0.715. The normalized spacial score (nSPS) is 33.6. The van der Waals surface area contributed by atoms with Gasteiger partial charge in [0.25, 0.3) is 0 Å². The van der Waals surface area contributed by atoms with Crippen molar-refractivity contribution in [3.8, 4) is 0 Å². The molecular formula is C12H22N2O2. The minimum absolute atomic E-state index is 0.275. The van der Waals surface area contributed by atoms with Crippen molar-refractivity contribution in [1.82, 2.24) is 10.6 Å². The van der Waals surface area contributed by atoms with Gasteiger partial charge < -0.3 is 15.4 Å². The van der Waals surface area contributed by atoms with Gasteiger partial charge in [-0.3, -0.25) is 0 Å². The molecule has 2 aliphatic rings. The molecule has 1 aliphatic carbocycles. The third-order valence-corrected chi connectivity index (χ3v) is 3.64. The van der Waals surface area contributed by atoms with E-state index in [4.69, 9.17) is 4.74 Å². The van der Waals surface area contributed by atoms with Crippen molar-refractivity contribution in [2.75, 3.05) is 13.1 Å².